The summed E-state index contributed by atoms with van der Waals surface area (Å²) in [5.74, 6) is -1.12. The molecule has 0 aliphatic carbocycles. The van der Waals surface area contributed by atoms with Gasteiger partial charge in [-0.1, -0.05) is 18.2 Å². The predicted molar refractivity (Wildman–Crippen MR) is 80.5 cm³/mol. The van der Waals surface area contributed by atoms with Gasteiger partial charge in [0.1, 0.15) is 5.69 Å². The number of carboxylic acids is 1. The minimum atomic E-state index is -0.923. The molecule has 5 nitrogen and oxygen atoms in total. The molecule has 0 aliphatic heterocycles. The zero-order valence-corrected chi connectivity index (χ0v) is 12.1. The summed E-state index contributed by atoms with van der Waals surface area (Å²) in [6.07, 6.45) is 1.70. The molecule has 5 heteroatoms. The Hall–Kier alpha value is -2.56. The molecule has 0 aliphatic rings. The molecule has 1 heterocycles. The molecule has 2 aromatic rings. The van der Waals surface area contributed by atoms with E-state index < -0.39 is 5.97 Å². The number of para-hydroxylation sites is 1. The van der Waals surface area contributed by atoms with Gasteiger partial charge in [-0.15, -0.1) is 0 Å². The Morgan fingerprint density at radius 1 is 1.19 bits per heavy atom. The van der Waals surface area contributed by atoms with E-state index in [1.165, 1.54) is 4.90 Å². The number of amides is 1. The highest BCUT2D eigenvalue weighted by atomic mass is 16.4. The second-order valence-corrected chi connectivity index (χ2v) is 4.89. The van der Waals surface area contributed by atoms with Crippen molar-refractivity contribution in [3.8, 4) is 0 Å². The summed E-state index contributed by atoms with van der Waals surface area (Å²) in [7, 11) is 1.79. The topological polar surface area (TPSA) is 62.5 Å². The van der Waals surface area contributed by atoms with Crippen LogP contribution < -0.4 is 4.90 Å². The van der Waals surface area contributed by atoms with E-state index in [2.05, 4.69) is 0 Å². The largest absolute Gasteiger partial charge is 0.481 e. The zero-order valence-electron chi connectivity index (χ0n) is 12.1. The maximum Gasteiger partial charge on any atom is 0.305 e. The number of aryl methyl sites for hydroxylation is 2. The first-order chi connectivity index (χ1) is 10.0. The Morgan fingerprint density at radius 3 is 2.48 bits per heavy atom. The van der Waals surface area contributed by atoms with E-state index in [1.54, 1.807) is 29.9 Å². The van der Waals surface area contributed by atoms with Crippen LogP contribution in [0.15, 0.2) is 42.6 Å². The van der Waals surface area contributed by atoms with E-state index >= 15 is 0 Å². The van der Waals surface area contributed by atoms with Gasteiger partial charge in [0.05, 0.1) is 6.42 Å². The summed E-state index contributed by atoms with van der Waals surface area (Å²) < 4.78 is 1.73. The Bertz CT molecular complexity index is 661. The lowest BCUT2D eigenvalue weighted by molar-refractivity contribution is -0.136. The van der Waals surface area contributed by atoms with Crippen molar-refractivity contribution in [1.29, 1.82) is 0 Å². The van der Waals surface area contributed by atoms with Gasteiger partial charge in [0.15, 0.2) is 0 Å². The number of anilines is 1. The highest BCUT2D eigenvalue weighted by molar-refractivity contribution is 6.05. The molecule has 1 amide bonds. The van der Waals surface area contributed by atoms with Crippen LogP contribution in [0.2, 0.25) is 0 Å². The molecular formula is C16H18N2O3. The third-order valence-electron chi connectivity index (χ3n) is 3.36. The standard InChI is InChI=1S/C16H18N2O3/c1-12-6-3-4-7-13(12)18(11-9-15(19)20)16(21)14-8-5-10-17(14)2/h3-8,10H,9,11H2,1-2H3,(H,19,20). The minimum absolute atomic E-state index is 0.0928. The second-order valence-electron chi connectivity index (χ2n) is 4.89. The van der Waals surface area contributed by atoms with Crippen LogP contribution in [0, 0.1) is 6.92 Å². The molecule has 1 aromatic carbocycles. The first-order valence-electron chi connectivity index (χ1n) is 6.71. The molecule has 0 saturated carbocycles. The van der Waals surface area contributed by atoms with Crippen LogP contribution in [0.25, 0.3) is 0 Å². The first kappa shape index (κ1) is 14.8. The van der Waals surface area contributed by atoms with Crippen LogP contribution in [0.5, 0.6) is 0 Å². The summed E-state index contributed by atoms with van der Waals surface area (Å²) >= 11 is 0. The third kappa shape index (κ3) is 3.31. The van der Waals surface area contributed by atoms with Gasteiger partial charge in [0, 0.05) is 25.5 Å². The highest BCUT2D eigenvalue weighted by Crippen LogP contribution is 2.22. The number of carbonyl (C=O) groups excluding carboxylic acids is 1. The van der Waals surface area contributed by atoms with Crippen LogP contribution in [-0.4, -0.2) is 28.1 Å². The van der Waals surface area contributed by atoms with Crippen molar-refractivity contribution in [2.24, 2.45) is 7.05 Å². The third-order valence-corrected chi connectivity index (χ3v) is 3.36. The number of benzene rings is 1. The van der Waals surface area contributed by atoms with Gasteiger partial charge in [-0.2, -0.15) is 0 Å². The number of aromatic nitrogens is 1. The molecule has 0 atom stereocenters. The molecule has 1 N–H and O–H groups in total. The summed E-state index contributed by atoms with van der Waals surface area (Å²) in [6.45, 7) is 2.05. The molecule has 0 unspecified atom stereocenters. The average Bonchev–Trinajstić information content (AvgIpc) is 2.86. The quantitative estimate of drug-likeness (QED) is 0.918. The lowest BCUT2D eigenvalue weighted by Crippen LogP contribution is -2.34. The highest BCUT2D eigenvalue weighted by Gasteiger charge is 2.21. The molecule has 0 saturated heterocycles. The maximum absolute atomic E-state index is 12.7. The molecule has 0 spiro atoms. The van der Waals surface area contributed by atoms with Crippen molar-refractivity contribution >= 4 is 17.6 Å². The number of nitrogens with zero attached hydrogens (tertiary/aromatic N) is 2. The smallest absolute Gasteiger partial charge is 0.305 e. The fourth-order valence-corrected chi connectivity index (χ4v) is 2.23. The molecule has 1 aromatic heterocycles. The average molecular weight is 286 g/mol. The van der Waals surface area contributed by atoms with Crippen LogP contribution in [-0.2, 0) is 11.8 Å². The molecule has 0 radical (unpaired) electrons. The van der Waals surface area contributed by atoms with E-state index in [0.717, 1.165) is 11.3 Å². The van der Waals surface area contributed by atoms with Gasteiger partial charge in [0.2, 0.25) is 0 Å². The Morgan fingerprint density at radius 2 is 1.90 bits per heavy atom. The molecule has 0 bridgehead atoms. The lowest BCUT2D eigenvalue weighted by Gasteiger charge is -2.24. The van der Waals surface area contributed by atoms with Crippen molar-refractivity contribution in [3.63, 3.8) is 0 Å². The van der Waals surface area contributed by atoms with Gasteiger partial charge in [-0.3, -0.25) is 9.59 Å². The van der Waals surface area contributed by atoms with Crippen molar-refractivity contribution < 1.29 is 14.7 Å². The SMILES string of the molecule is Cc1ccccc1N(CCC(=O)O)C(=O)c1cccn1C. The molecule has 2 rings (SSSR count). The normalized spacial score (nSPS) is 10.4. The van der Waals surface area contributed by atoms with Gasteiger partial charge in [-0.25, -0.2) is 0 Å². The Kier molecular flexibility index (Phi) is 4.42. The Labute approximate surface area is 123 Å². The summed E-state index contributed by atoms with van der Waals surface area (Å²) in [5, 5.41) is 8.90. The summed E-state index contributed by atoms with van der Waals surface area (Å²) in [6, 6.07) is 11.0. The van der Waals surface area contributed by atoms with Crippen molar-refractivity contribution in [2.75, 3.05) is 11.4 Å². The number of rotatable bonds is 5. The van der Waals surface area contributed by atoms with Crippen molar-refractivity contribution in [2.45, 2.75) is 13.3 Å². The second kappa shape index (κ2) is 6.26. The van der Waals surface area contributed by atoms with Crippen LogP contribution in [0.1, 0.15) is 22.5 Å². The number of hydrogen-bond acceptors (Lipinski definition) is 2. The van der Waals surface area contributed by atoms with E-state index in [1.807, 2.05) is 31.2 Å². The maximum atomic E-state index is 12.7. The van der Waals surface area contributed by atoms with E-state index in [-0.39, 0.29) is 18.9 Å². The van der Waals surface area contributed by atoms with E-state index in [0.29, 0.717) is 5.69 Å². The van der Waals surface area contributed by atoms with Gasteiger partial charge >= 0.3 is 5.97 Å². The van der Waals surface area contributed by atoms with Crippen molar-refractivity contribution in [3.05, 3.63) is 53.9 Å². The minimum Gasteiger partial charge on any atom is -0.481 e. The Balaban J connectivity index is 2.37. The molecule has 110 valence electrons. The molecule has 0 fully saturated rings. The molecule has 21 heavy (non-hydrogen) atoms. The van der Waals surface area contributed by atoms with E-state index in [4.69, 9.17) is 5.11 Å². The monoisotopic (exact) mass is 286 g/mol. The lowest BCUT2D eigenvalue weighted by atomic mass is 10.1. The van der Waals surface area contributed by atoms with Gasteiger partial charge in [-0.05, 0) is 30.7 Å². The summed E-state index contributed by atoms with van der Waals surface area (Å²) in [5.41, 5.74) is 2.21. The number of hydrogen-bond donors (Lipinski definition) is 1. The van der Waals surface area contributed by atoms with Crippen LogP contribution >= 0.6 is 0 Å². The first-order valence-corrected chi connectivity index (χ1v) is 6.71. The predicted octanol–water partition coefficient (Wildman–Crippen LogP) is 2.46. The fourth-order valence-electron chi connectivity index (χ4n) is 2.23. The van der Waals surface area contributed by atoms with Crippen LogP contribution in [0.4, 0.5) is 5.69 Å². The van der Waals surface area contributed by atoms with Gasteiger partial charge in [0.25, 0.3) is 5.91 Å². The van der Waals surface area contributed by atoms with Crippen LogP contribution in [0.3, 0.4) is 0 Å². The van der Waals surface area contributed by atoms with Gasteiger partial charge < -0.3 is 14.6 Å². The number of carbonyl (C=O) groups is 2. The molecular weight excluding hydrogens is 268 g/mol. The van der Waals surface area contributed by atoms with E-state index in [9.17, 15) is 9.59 Å². The number of carboxylic acid groups (broad SMARTS) is 1. The fraction of sp³-hybridized carbons (Fsp3) is 0.250. The van der Waals surface area contributed by atoms with Crippen molar-refractivity contribution in [1.82, 2.24) is 4.57 Å². The zero-order chi connectivity index (χ0) is 15.4. The number of aliphatic carboxylic acids is 1. The summed E-state index contributed by atoms with van der Waals surface area (Å²) in [4.78, 5) is 25.1.